The molecule has 1 aliphatic rings. The summed E-state index contributed by atoms with van der Waals surface area (Å²) in [6, 6.07) is 6.28. The minimum atomic E-state index is -0.0881. The summed E-state index contributed by atoms with van der Waals surface area (Å²) in [4.78, 5) is 0. The number of hydrogen-bond acceptors (Lipinski definition) is 2. The van der Waals surface area contributed by atoms with E-state index in [4.69, 9.17) is 10.5 Å². The fourth-order valence-corrected chi connectivity index (χ4v) is 4.76. The highest BCUT2D eigenvalue weighted by atomic mass is 79.9. The molecule has 1 fully saturated rings. The first kappa shape index (κ1) is 15.8. The lowest BCUT2D eigenvalue weighted by atomic mass is 9.63. The van der Waals surface area contributed by atoms with Crippen LogP contribution in [0.5, 0.6) is 5.75 Å². The van der Waals surface area contributed by atoms with Gasteiger partial charge in [0.1, 0.15) is 5.75 Å². The van der Waals surface area contributed by atoms with E-state index in [1.165, 1.54) is 12.0 Å². The SMILES string of the molecule is COc1ccc(CC2(N)CC(C)CC(C)(C)C2)cc1Br. The van der Waals surface area contributed by atoms with Crippen LogP contribution in [0.1, 0.15) is 45.6 Å². The third-order valence-corrected chi connectivity index (χ3v) is 4.88. The Hall–Kier alpha value is -0.540. The molecule has 2 N–H and O–H groups in total. The molecule has 0 spiro atoms. The van der Waals surface area contributed by atoms with E-state index in [0.717, 1.165) is 29.5 Å². The van der Waals surface area contributed by atoms with Gasteiger partial charge in [0.15, 0.2) is 0 Å². The Morgan fingerprint density at radius 2 is 2.05 bits per heavy atom. The Morgan fingerprint density at radius 3 is 2.60 bits per heavy atom. The van der Waals surface area contributed by atoms with Crippen LogP contribution in [-0.4, -0.2) is 12.6 Å². The second-order valence-corrected chi connectivity index (χ2v) is 8.22. The smallest absolute Gasteiger partial charge is 0.133 e. The molecule has 2 atom stereocenters. The predicted octanol–water partition coefficient (Wildman–Crippen LogP) is 4.54. The molecule has 0 amide bonds. The van der Waals surface area contributed by atoms with E-state index < -0.39 is 0 Å². The van der Waals surface area contributed by atoms with Gasteiger partial charge < -0.3 is 10.5 Å². The zero-order valence-corrected chi connectivity index (χ0v) is 14.6. The average Bonchev–Trinajstić information content (AvgIpc) is 2.24. The zero-order chi connectivity index (χ0) is 15.0. The van der Waals surface area contributed by atoms with Gasteiger partial charge in [-0.05, 0) is 70.6 Å². The summed E-state index contributed by atoms with van der Waals surface area (Å²) in [5.74, 6) is 1.57. The molecule has 1 saturated carbocycles. The van der Waals surface area contributed by atoms with Gasteiger partial charge in [-0.15, -0.1) is 0 Å². The largest absolute Gasteiger partial charge is 0.496 e. The van der Waals surface area contributed by atoms with Crippen molar-refractivity contribution in [3.63, 3.8) is 0 Å². The monoisotopic (exact) mass is 339 g/mol. The molecule has 0 saturated heterocycles. The molecule has 1 aromatic rings. The number of hydrogen-bond donors (Lipinski definition) is 1. The lowest BCUT2D eigenvalue weighted by Crippen LogP contribution is -2.50. The van der Waals surface area contributed by atoms with Crippen LogP contribution >= 0.6 is 15.9 Å². The fourth-order valence-electron chi connectivity index (χ4n) is 4.17. The molecule has 20 heavy (non-hydrogen) atoms. The summed E-state index contributed by atoms with van der Waals surface area (Å²) in [5.41, 5.74) is 8.27. The van der Waals surface area contributed by atoms with Crippen molar-refractivity contribution in [3.8, 4) is 5.75 Å². The lowest BCUT2D eigenvalue weighted by Gasteiger charge is -2.46. The van der Waals surface area contributed by atoms with Crippen LogP contribution in [-0.2, 0) is 6.42 Å². The summed E-state index contributed by atoms with van der Waals surface area (Å²) in [6.07, 6.45) is 4.41. The first-order valence-corrected chi connectivity index (χ1v) is 8.14. The Balaban J connectivity index is 2.17. The maximum atomic E-state index is 6.73. The van der Waals surface area contributed by atoms with Crippen molar-refractivity contribution in [2.24, 2.45) is 17.1 Å². The normalized spacial score (nSPS) is 29.2. The quantitative estimate of drug-likeness (QED) is 0.876. The van der Waals surface area contributed by atoms with Crippen LogP contribution in [0.15, 0.2) is 22.7 Å². The Kier molecular flexibility index (Phi) is 4.50. The molecule has 2 nitrogen and oxygen atoms in total. The van der Waals surface area contributed by atoms with E-state index >= 15 is 0 Å². The van der Waals surface area contributed by atoms with E-state index in [1.54, 1.807) is 7.11 Å². The maximum Gasteiger partial charge on any atom is 0.133 e. The van der Waals surface area contributed by atoms with Crippen molar-refractivity contribution < 1.29 is 4.74 Å². The molecule has 0 bridgehead atoms. The van der Waals surface area contributed by atoms with Crippen LogP contribution in [0.4, 0.5) is 0 Å². The highest BCUT2D eigenvalue weighted by molar-refractivity contribution is 9.10. The third-order valence-electron chi connectivity index (χ3n) is 4.26. The van der Waals surface area contributed by atoms with Gasteiger partial charge in [0.05, 0.1) is 11.6 Å². The van der Waals surface area contributed by atoms with Gasteiger partial charge in [-0.1, -0.05) is 26.8 Å². The highest BCUT2D eigenvalue weighted by Gasteiger charge is 2.40. The average molecular weight is 340 g/mol. The van der Waals surface area contributed by atoms with E-state index in [9.17, 15) is 0 Å². The lowest BCUT2D eigenvalue weighted by molar-refractivity contribution is 0.108. The number of benzene rings is 1. The van der Waals surface area contributed by atoms with Gasteiger partial charge in [-0.3, -0.25) is 0 Å². The summed E-state index contributed by atoms with van der Waals surface area (Å²) < 4.78 is 6.29. The van der Waals surface area contributed by atoms with Crippen molar-refractivity contribution in [1.29, 1.82) is 0 Å². The number of rotatable bonds is 3. The topological polar surface area (TPSA) is 35.2 Å². The Bertz CT molecular complexity index is 486. The highest BCUT2D eigenvalue weighted by Crippen LogP contribution is 2.44. The van der Waals surface area contributed by atoms with Crippen molar-refractivity contribution in [2.75, 3.05) is 7.11 Å². The van der Waals surface area contributed by atoms with Crippen molar-refractivity contribution >= 4 is 15.9 Å². The van der Waals surface area contributed by atoms with Crippen LogP contribution < -0.4 is 10.5 Å². The minimum Gasteiger partial charge on any atom is -0.496 e. The van der Waals surface area contributed by atoms with Gasteiger partial charge in [-0.25, -0.2) is 0 Å². The van der Waals surface area contributed by atoms with E-state index in [1.807, 2.05) is 6.07 Å². The molecule has 2 unspecified atom stereocenters. The number of nitrogens with two attached hydrogens (primary N) is 1. The van der Waals surface area contributed by atoms with Crippen LogP contribution in [0.2, 0.25) is 0 Å². The zero-order valence-electron chi connectivity index (χ0n) is 13.0. The molecule has 3 heteroatoms. The molecule has 2 rings (SSSR count). The summed E-state index contributed by atoms with van der Waals surface area (Å²) in [6.45, 7) is 7.01. The molecular formula is C17H26BrNO. The first-order valence-electron chi connectivity index (χ1n) is 7.34. The van der Waals surface area contributed by atoms with Gasteiger partial charge in [-0.2, -0.15) is 0 Å². The van der Waals surface area contributed by atoms with Gasteiger partial charge in [0, 0.05) is 5.54 Å². The molecule has 0 heterocycles. The van der Waals surface area contributed by atoms with Gasteiger partial charge in [0.25, 0.3) is 0 Å². The number of methoxy groups -OCH3 is 1. The van der Waals surface area contributed by atoms with Crippen molar-refractivity contribution in [2.45, 2.75) is 52.0 Å². The van der Waals surface area contributed by atoms with E-state index in [2.05, 4.69) is 48.8 Å². The van der Waals surface area contributed by atoms with Crippen LogP contribution in [0.3, 0.4) is 0 Å². The Morgan fingerprint density at radius 1 is 1.35 bits per heavy atom. The standard InChI is InChI=1S/C17H26BrNO/c1-12-8-16(2,3)11-17(19,9-12)10-13-5-6-15(20-4)14(18)7-13/h5-7,12H,8-11,19H2,1-4H3. The maximum absolute atomic E-state index is 6.73. The molecule has 112 valence electrons. The second kappa shape index (κ2) is 5.69. The van der Waals surface area contributed by atoms with Crippen LogP contribution in [0.25, 0.3) is 0 Å². The number of halogens is 1. The molecule has 1 aromatic carbocycles. The van der Waals surface area contributed by atoms with E-state index in [0.29, 0.717) is 11.3 Å². The minimum absolute atomic E-state index is 0.0881. The summed E-state index contributed by atoms with van der Waals surface area (Å²) in [5, 5.41) is 0. The Labute approximate surface area is 131 Å². The summed E-state index contributed by atoms with van der Waals surface area (Å²) in [7, 11) is 1.69. The molecule has 1 aliphatic carbocycles. The van der Waals surface area contributed by atoms with E-state index in [-0.39, 0.29) is 5.54 Å². The molecule has 0 aliphatic heterocycles. The van der Waals surface area contributed by atoms with Gasteiger partial charge in [0.2, 0.25) is 0 Å². The fraction of sp³-hybridized carbons (Fsp3) is 0.647. The predicted molar refractivity (Wildman–Crippen MR) is 88.1 cm³/mol. The summed E-state index contributed by atoms with van der Waals surface area (Å²) >= 11 is 3.56. The van der Waals surface area contributed by atoms with Crippen LogP contribution in [0, 0.1) is 11.3 Å². The third kappa shape index (κ3) is 3.76. The van der Waals surface area contributed by atoms with Gasteiger partial charge >= 0.3 is 0 Å². The first-order chi connectivity index (χ1) is 9.23. The number of ether oxygens (including phenoxy) is 1. The molecular weight excluding hydrogens is 314 g/mol. The second-order valence-electron chi connectivity index (χ2n) is 7.36. The molecule has 0 radical (unpaired) electrons. The van der Waals surface area contributed by atoms with Crippen molar-refractivity contribution in [3.05, 3.63) is 28.2 Å². The molecule has 0 aromatic heterocycles. The van der Waals surface area contributed by atoms with Crippen molar-refractivity contribution in [1.82, 2.24) is 0 Å².